The molecule has 4 nitrogen and oxygen atoms in total. The zero-order valence-electron chi connectivity index (χ0n) is 8.66. The summed E-state index contributed by atoms with van der Waals surface area (Å²) in [5.74, 6) is -0.205. The summed E-state index contributed by atoms with van der Waals surface area (Å²) in [6.07, 6.45) is 1.25. The molecule has 1 aromatic rings. The first kappa shape index (κ1) is 11.1. The third kappa shape index (κ3) is 3.34. The quantitative estimate of drug-likeness (QED) is 0.620. The molecule has 1 aromatic carbocycles. The minimum atomic E-state index is -0.205. The number of rotatable bonds is 4. The third-order valence-electron chi connectivity index (χ3n) is 1.98. The van der Waals surface area contributed by atoms with E-state index in [-0.39, 0.29) is 5.91 Å². The number of amides is 1. The molecule has 0 heterocycles. The fourth-order valence-electron chi connectivity index (χ4n) is 1.15. The van der Waals surface area contributed by atoms with Crippen molar-refractivity contribution in [3.63, 3.8) is 0 Å². The Morgan fingerprint density at radius 2 is 2.07 bits per heavy atom. The Morgan fingerprint density at radius 1 is 1.40 bits per heavy atom. The highest BCUT2D eigenvalue weighted by Gasteiger charge is 2.05. The van der Waals surface area contributed by atoms with Gasteiger partial charge in [-0.2, -0.15) is 0 Å². The van der Waals surface area contributed by atoms with Gasteiger partial charge in [-0.25, -0.2) is 0 Å². The summed E-state index contributed by atoms with van der Waals surface area (Å²) >= 11 is 0. The Bertz CT molecular complexity index is 346. The maximum absolute atomic E-state index is 11.5. The van der Waals surface area contributed by atoms with E-state index in [0.29, 0.717) is 12.2 Å². The predicted molar refractivity (Wildman–Crippen MR) is 59.6 cm³/mol. The molecule has 0 radical (unpaired) electrons. The van der Waals surface area contributed by atoms with E-state index in [2.05, 4.69) is 10.6 Å². The second-order valence-electron chi connectivity index (χ2n) is 3.00. The van der Waals surface area contributed by atoms with Crippen molar-refractivity contribution < 1.29 is 4.79 Å². The van der Waals surface area contributed by atoms with E-state index in [1.165, 1.54) is 6.20 Å². The highest BCUT2D eigenvalue weighted by Crippen LogP contribution is 1.97. The van der Waals surface area contributed by atoms with Gasteiger partial charge in [-0.15, -0.1) is 0 Å². The van der Waals surface area contributed by atoms with Crippen LogP contribution in [-0.4, -0.2) is 13.0 Å². The Morgan fingerprint density at radius 3 is 2.60 bits per heavy atom. The zero-order chi connectivity index (χ0) is 11.1. The van der Waals surface area contributed by atoms with E-state index >= 15 is 0 Å². The molecule has 0 saturated heterocycles. The molecule has 4 heteroatoms. The molecule has 0 aromatic heterocycles. The van der Waals surface area contributed by atoms with Crippen molar-refractivity contribution in [3.05, 3.63) is 47.8 Å². The Hall–Kier alpha value is -1.97. The van der Waals surface area contributed by atoms with Crippen LogP contribution in [0.1, 0.15) is 5.56 Å². The fraction of sp³-hybridized carbons (Fsp3) is 0.182. The molecular weight excluding hydrogens is 190 g/mol. The highest BCUT2D eigenvalue weighted by molar-refractivity contribution is 5.92. The van der Waals surface area contributed by atoms with Crippen LogP contribution < -0.4 is 16.4 Å². The summed E-state index contributed by atoms with van der Waals surface area (Å²) in [6.45, 7) is 0.499. The molecule has 0 atom stereocenters. The largest absolute Gasteiger partial charge is 0.403 e. The molecule has 80 valence electrons. The lowest BCUT2D eigenvalue weighted by atomic mass is 10.2. The van der Waals surface area contributed by atoms with Crippen LogP contribution in [0.5, 0.6) is 0 Å². The molecule has 0 aliphatic rings. The van der Waals surface area contributed by atoms with E-state index in [9.17, 15) is 4.79 Å². The fourth-order valence-corrected chi connectivity index (χ4v) is 1.15. The van der Waals surface area contributed by atoms with E-state index in [1.807, 2.05) is 30.3 Å². The van der Waals surface area contributed by atoms with Gasteiger partial charge < -0.3 is 16.4 Å². The van der Waals surface area contributed by atoms with Crippen LogP contribution in [0.4, 0.5) is 0 Å². The maximum atomic E-state index is 11.5. The summed E-state index contributed by atoms with van der Waals surface area (Å²) in [5.41, 5.74) is 6.69. The van der Waals surface area contributed by atoms with Crippen LogP contribution in [0.15, 0.2) is 42.2 Å². The van der Waals surface area contributed by atoms with Gasteiger partial charge in [0.1, 0.15) is 5.70 Å². The van der Waals surface area contributed by atoms with E-state index in [4.69, 9.17) is 5.73 Å². The first-order valence-electron chi connectivity index (χ1n) is 4.69. The molecule has 0 saturated carbocycles. The van der Waals surface area contributed by atoms with Gasteiger partial charge in [0.05, 0.1) is 0 Å². The lowest BCUT2D eigenvalue weighted by Gasteiger charge is -2.07. The number of carbonyl (C=O) groups excluding carboxylic acids is 1. The van der Waals surface area contributed by atoms with E-state index in [0.717, 1.165) is 5.56 Å². The lowest BCUT2D eigenvalue weighted by Crippen LogP contribution is -2.30. The van der Waals surface area contributed by atoms with Gasteiger partial charge in [-0.05, 0) is 5.56 Å². The monoisotopic (exact) mass is 205 g/mol. The normalized spacial score (nSPS) is 10.9. The number of hydrogen-bond donors (Lipinski definition) is 3. The highest BCUT2D eigenvalue weighted by atomic mass is 16.2. The Kier molecular flexibility index (Phi) is 4.22. The van der Waals surface area contributed by atoms with Gasteiger partial charge in [0.15, 0.2) is 0 Å². The van der Waals surface area contributed by atoms with E-state index in [1.54, 1.807) is 7.05 Å². The van der Waals surface area contributed by atoms with Crippen molar-refractivity contribution >= 4 is 5.91 Å². The first-order chi connectivity index (χ1) is 7.27. The van der Waals surface area contributed by atoms with Crippen molar-refractivity contribution in [2.24, 2.45) is 5.73 Å². The average Bonchev–Trinajstić information content (AvgIpc) is 2.29. The minimum Gasteiger partial charge on any atom is -0.403 e. The number of nitrogens with two attached hydrogens (primary N) is 1. The number of likely N-dealkylation sites (N-methyl/N-ethyl adjacent to an activating group) is 1. The lowest BCUT2D eigenvalue weighted by molar-refractivity contribution is -0.118. The molecule has 4 N–H and O–H groups in total. The van der Waals surface area contributed by atoms with Gasteiger partial charge >= 0.3 is 0 Å². The third-order valence-corrected chi connectivity index (χ3v) is 1.98. The molecule has 1 amide bonds. The van der Waals surface area contributed by atoms with Crippen molar-refractivity contribution in [2.45, 2.75) is 6.54 Å². The molecule has 0 aliphatic carbocycles. The summed E-state index contributed by atoms with van der Waals surface area (Å²) in [4.78, 5) is 11.5. The topological polar surface area (TPSA) is 67.1 Å². The number of hydrogen-bond acceptors (Lipinski definition) is 3. The second kappa shape index (κ2) is 5.70. The molecular formula is C11H15N3O. The average molecular weight is 205 g/mol. The maximum Gasteiger partial charge on any atom is 0.269 e. The second-order valence-corrected chi connectivity index (χ2v) is 3.00. The van der Waals surface area contributed by atoms with Gasteiger partial charge in [-0.3, -0.25) is 4.79 Å². The zero-order valence-corrected chi connectivity index (χ0v) is 8.66. The van der Waals surface area contributed by atoms with Crippen molar-refractivity contribution in [1.29, 1.82) is 0 Å². The number of benzene rings is 1. The van der Waals surface area contributed by atoms with Crippen LogP contribution in [0.25, 0.3) is 0 Å². The van der Waals surface area contributed by atoms with Gasteiger partial charge in [0, 0.05) is 19.8 Å². The van der Waals surface area contributed by atoms with Crippen molar-refractivity contribution in [3.8, 4) is 0 Å². The molecule has 0 fully saturated rings. The molecule has 0 aliphatic heterocycles. The van der Waals surface area contributed by atoms with Gasteiger partial charge in [0.25, 0.3) is 5.91 Å². The van der Waals surface area contributed by atoms with Crippen LogP contribution in [0.2, 0.25) is 0 Å². The number of nitrogens with one attached hydrogen (secondary N) is 2. The van der Waals surface area contributed by atoms with Gasteiger partial charge in [0.2, 0.25) is 0 Å². The number of carbonyl (C=O) groups is 1. The first-order valence-corrected chi connectivity index (χ1v) is 4.69. The predicted octanol–water partition coefficient (Wildman–Crippen LogP) is 0.322. The van der Waals surface area contributed by atoms with Crippen molar-refractivity contribution in [2.75, 3.05) is 7.05 Å². The van der Waals surface area contributed by atoms with Crippen LogP contribution >= 0.6 is 0 Å². The standard InChI is InChI=1S/C11H15N3O/c1-13-10(7-12)11(15)14-8-9-5-3-2-4-6-9/h2-7,13H,8,12H2,1H3,(H,14,15)/b10-7-. The summed E-state index contributed by atoms with van der Waals surface area (Å²) in [7, 11) is 1.65. The minimum absolute atomic E-state index is 0.205. The smallest absolute Gasteiger partial charge is 0.269 e. The van der Waals surface area contributed by atoms with E-state index < -0.39 is 0 Å². The Labute approximate surface area is 89.2 Å². The van der Waals surface area contributed by atoms with Gasteiger partial charge in [-0.1, -0.05) is 30.3 Å². The molecule has 15 heavy (non-hydrogen) atoms. The SMILES string of the molecule is CN/C(=C\N)C(=O)NCc1ccccc1. The van der Waals surface area contributed by atoms with Crippen LogP contribution in [0, 0.1) is 0 Å². The summed E-state index contributed by atoms with van der Waals surface area (Å²) in [6, 6.07) is 9.69. The molecule has 1 rings (SSSR count). The summed E-state index contributed by atoms with van der Waals surface area (Å²) in [5, 5.41) is 5.46. The Balaban J connectivity index is 2.48. The molecule has 0 unspecified atom stereocenters. The van der Waals surface area contributed by atoms with Crippen molar-refractivity contribution in [1.82, 2.24) is 10.6 Å². The van der Waals surface area contributed by atoms with Crippen LogP contribution in [0.3, 0.4) is 0 Å². The molecule has 0 bridgehead atoms. The molecule has 0 spiro atoms. The van der Waals surface area contributed by atoms with Crippen LogP contribution in [-0.2, 0) is 11.3 Å². The summed E-state index contributed by atoms with van der Waals surface area (Å²) < 4.78 is 0.